The van der Waals surface area contributed by atoms with E-state index in [-0.39, 0.29) is 5.91 Å². The number of furan rings is 1. The van der Waals surface area contributed by atoms with Crippen molar-refractivity contribution in [1.82, 2.24) is 5.32 Å². The SMILES string of the molecule is CCOCc1c(C(=O)NCc2ccc(C)cc2)oc2ccccc12. The molecule has 4 heteroatoms. The maximum absolute atomic E-state index is 12.6. The van der Waals surface area contributed by atoms with Gasteiger partial charge in [-0.3, -0.25) is 4.79 Å². The molecule has 0 aliphatic rings. The van der Waals surface area contributed by atoms with Crippen molar-refractivity contribution in [3.8, 4) is 0 Å². The van der Waals surface area contributed by atoms with E-state index in [1.807, 2.05) is 62.4 Å². The number of fused-ring (bicyclic) bond motifs is 1. The van der Waals surface area contributed by atoms with Crippen LogP contribution < -0.4 is 5.32 Å². The highest BCUT2D eigenvalue weighted by atomic mass is 16.5. The minimum absolute atomic E-state index is 0.221. The molecule has 0 radical (unpaired) electrons. The minimum Gasteiger partial charge on any atom is -0.451 e. The van der Waals surface area contributed by atoms with Crippen LogP contribution in [0.15, 0.2) is 52.9 Å². The monoisotopic (exact) mass is 323 g/mol. The van der Waals surface area contributed by atoms with Gasteiger partial charge in [-0.15, -0.1) is 0 Å². The summed E-state index contributed by atoms with van der Waals surface area (Å²) < 4.78 is 11.3. The van der Waals surface area contributed by atoms with Gasteiger partial charge >= 0.3 is 0 Å². The molecule has 24 heavy (non-hydrogen) atoms. The highest BCUT2D eigenvalue weighted by Gasteiger charge is 2.20. The van der Waals surface area contributed by atoms with Crippen molar-refractivity contribution in [2.45, 2.75) is 27.0 Å². The molecule has 1 N–H and O–H groups in total. The third-order valence-electron chi connectivity index (χ3n) is 3.93. The molecular weight excluding hydrogens is 302 g/mol. The van der Waals surface area contributed by atoms with Gasteiger partial charge in [-0.2, -0.15) is 0 Å². The average Bonchev–Trinajstić information content (AvgIpc) is 2.98. The molecule has 1 amide bonds. The van der Waals surface area contributed by atoms with Gasteiger partial charge in [0.1, 0.15) is 5.58 Å². The maximum atomic E-state index is 12.6. The summed E-state index contributed by atoms with van der Waals surface area (Å²) in [4.78, 5) is 12.6. The molecule has 3 aromatic rings. The summed E-state index contributed by atoms with van der Waals surface area (Å²) in [6.07, 6.45) is 0. The van der Waals surface area contributed by atoms with Crippen LogP contribution in [0.1, 0.15) is 34.2 Å². The number of ether oxygens (including phenoxy) is 1. The zero-order chi connectivity index (χ0) is 16.9. The van der Waals surface area contributed by atoms with Crippen molar-refractivity contribution in [3.63, 3.8) is 0 Å². The summed E-state index contributed by atoms with van der Waals surface area (Å²) in [7, 11) is 0. The summed E-state index contributed by atoms with van der Waals surface area (Å²) in [6.45, 7) is 5.38. The number of nitrogens with one attached hydrogen (secondary N) is 1. The van der Waals surface area contributed by atoms with Crippen molar-refractivity contribution >= 4 is 16.9 Å². The molecule has 124 valence electrons. The standard InChI is InChI=1S/C20H21NO3/c1-3-23-13-17-16-6-4-5-7-18(16)24-19(17)20(22)21-12-15-10-8-14(2)9-11-15/h4-11H,3,12-13H2,1-2H3,(H,21,22). The fourth-order valence-corrected chi connectivity index (χ4v) is 2.60. The average molecular weight is 323 g/mol. The van der Waals surface area contributed by atoms with E-state index < -0.39 is 0 Å². The highest BCUT2D eigenvalue weighted by Crippen LogP contribution is 2.26. The Bertz CT molecular complexity index is 834. The molecule has 0 bridgehead atoms. The van der Waals surface area contributed by atoms with Gasteiger partial charge in [0.05, 0.1) is 6.61 Å². The van der Waals surface area contributed by atoms with E-state index in [0.29, 0.717) is 31.1 Å². The lowest BCUT2D eigenvalue weighted by Crippen LogP contribution is -2.23. The lowest BCUT2D eigenvalue weighted by Gasteiger charge is -2.06. The van der Waals surface area contributed by atoms with E-state index in [4.69, 9.17) is 9.15 Å². The van der Waals surface area contributed by atoms with Crippen LogP contribution in [0.5, 0.6) is 0 Å². The van der Waals surface area contributed by atoms with Crippen molar-refractivity contribution in [2.24, 2.45) is 0 Å². The molecule has 0 aliphatic heterocycles. The van der Waals surface area contributed by atoms with Gasteiger partial charge in [0, 0.05) is 24.1 Å². The van der Waals surface area contributed by atoms with Gasteiger partial charge in [0.2, 0.25) is 0 Å². The van der Waals surface area contributed by atoms with E-state index in [2.05, 4.69) is 5.32 Å². The normalized spacial score (nSPS) is 10.9. The number of aryl methyl sites for hydroxylation is 1. The molecule has 2 aromatic carbocycles. The number of hydrogen-bond acceptors (Lipinski definition) is 3. The summed E-state index contributed by atoms with van der Waals surface area (Å²) in [5, 5.41) is 3.85. The quantitative estimate of drug-likeness (QED) is 0.739. The lowest BCUT2D eigenvalue weighted by molar-refractivity contribution is 0.0912. The highest BCUT2D eigenvalue weighted by molar-refractivity contribution is 5.99. The first-order valence-electron chi connectivity index (χ1n) is 8.11. The molecular formula is C20H21NO3. The first-order chi connectivity index (χ1) is 11.7. The predicted octanol–water partition coefficient (Wildman–Crippen LogP) is 4.21. The van der Waals surface area contributed by atoms with Gasteiger partial charge < -0.3 is 14.5 Å². The lowest BCUT2D eigenvalue weighted by atomic mass is 10.1. The molecule has 0 spiro atoms. The van der Waals surface area contributed by atoms with Crippen molar-refractivity contribution in [1.29, 1.82) is 0 Å². The molecule has 0 fully saturated rings. The van der Waals surface area contributed by atoms with E-state index in [1.54, 1.807) is 0 Å². The Labute approximate surface area is 141 Å². The van der Waals surface area contributed by atoms with Crippen molar-refractivity contribution in [3.05, 3.63) is 71.0 Å². The zero-order valence-corrected chi connectivity index (χ0v) is 14.0. The Kier molecular flexibility index (Phi) is 4.96. The second-order valence-electron chi connectivity index (χ2n) is 5.71. The second-order valence-corrected chi connectivity index (χ2v) is 5.71. The van der Waals surface area contributed by atoms with Crippen LogP contribution in [0.2, 0.25) is 0 Å². The van der Waals surface area contributed by atoms with Gasteiger partial charge in [-0.1, -0.05) is 48.0 Å². The summed E-state index contributed by atoms with van der Waals surface area (Å²) >= 11 is 0. The number of amides is 1. The fraction of sp³-hybridized carbons (Fsp3) is 0.250. The molecule has 0 saturated heterocycles. The molecule has 0 atom stereocenters. The number of carbonyl (C=O) groups is 1. The third kappa shape index (κ3) is 3.49. The summed E-state index contributed by atoms with van der Waals surface area (Å²) in [5.74, 6) is 0.109. The number of carbonyl (C=O) groups excluding carboxylic acids is 1. The van der Waals surface area contributed by atoms with E-state index in [0.717, 1.165) is 16.5 Å². The van der Waals surface area contributed by atoms with Gasteiger partial charge in [0.15, 0.2) is 5.76 Å². The first kappa shape index (κ1) is 16.3. The largest absolute Gasteiger partial charge is 0.451 e. The third-order valence-corrected chi connectivity index (χ3v) is 3.93. The van der Waals surface area contributed by atoms with E-state index >= 15 is 0 Å². The Morgan fingerprint density at radius 3 is 2.62 bits per heavy atom. The second kappa shape index (κ2) is 7.32. The van der Waals surface area contributed by atoms with Crippen LogP contribution in [0.25, 0.3) is 11.0 Å². The molecule has 4 nitrogen and oxygen atoms in total. The molecule has 0 aliphatic carbocycles. The van der Waals surface area contributed by atoms with Crippen LogP contribution in [-0.4, -0.2) is 12.5 Å². The van der Waals surface area contributed by atoms with Gasteiger partial charge in [-0.25, -0.2) is 0 Å². The molecule has 0 unspecified atom stereocenters. The zero-order valence-electron chi connectivity index (χ0n) is 14.0. The summed E-state index contributed by atoms with van der Waals surface area (Å²) in [6, 6.07) is 15.7. The van der Waals surface area contributed by atoms with E-state index in [9.17, 15) is 4.79 Å². The van der Waals surface area contributed by atoms with Crippen LogP contribution in [0, 0.1) is 6.92 Å². The summed E-state index contributed by atoms with van der Waals surface area (Å²) in [5.41, 5.74) is 3.75. The first-order valence-corrected chi connectivity index (χ1v) is 8.11. The topological polar surface area (TPSA) is 51.5 Å². The molecule has 3 rings (SSSR count). The minimum atomic E-state index is -0.221. The predicted molar refractivity (Wildman–Crippen MR) is 93.9 cm³/mol. The van der Waals surface area contributed by atoms with Crippen molar-refractivity contribution < 1.29 is 13.9 Å². The molecule has 0 saturated carbocycles. The Hall–Kier alpha value is -2.59. The number of para-hydroxylation sites is 1. The Morgan fingerprint density at radius 2 is 1.88 bits per heavy atom. The Morgan fingerprint density at radius 1 is 1.12 bits per heavy atom. The van der Waals surface area contributed by atoms with Crippen LogP contribution >= 0.6 is 0 Å². The Balaban J connectivity index is 1.81. The smallest absolute Gasteiger partial charge is 0.287 e. The molecule has 1 aromatic heterocycles. The fourth-order valence-electron chi connectivity index (χ4n) is 2.60. The van der Waals surface area contributed by atoms with Gasteiger partial charge in [-0.05, 0) is 25.5 Å². The number of hydrogen-bond donors (Lipinski definition) is 1. The number of rotatable bonds is 6. The maximum Gasteiger partial charge on any atom is 0.287 e. The van der Waals surface area contributed by atoms with Crippen molar-refractivity contribution in [2.75, 3.05) is 6.61 Å². The van der Waals surface area contributed by atoms with E-state index in [1.165, 1.54) is 5.56 Å². The van der Waals surface area contributed by atoms with Crippen LogP contribution in [-0.2, 0) is 17.9 Å². The van der Waals surface area contributed by atoms with Crippen LogP contribution in [0.4, 0.5) is 0 Å². The molecule has 1 heterocycles. The van der Waals surface area contributed by atoms with Gasteiger partial charge in [0.25, 0.3) is 5.91 Å². The van der Waals surface area contributed by atoms with Crippen LogP contribution in [0.3, 0.4) is 0 Å². The number of benzene rings is 2.